The van der Waals surface area contributed by atoms with Crippen molar-refractivity contribution in [3.8, 4) is 0 Å². The standard InChI is InChI=1S/C15H26N2OS/c1-11(2)8-9-16-13(18)6-7-14-17-12(10-19-14)15(3,4)5/h10-11H,6-9H2,1-5H3,(H,16,18). The second-order valence-corrected chi connectivity index (χ2v) is 7.35. The molecule has 0 aliphatic rings. The molecule has 0 saturated carbocycles. The van der Waals surface area contributed by atoms with Crippen LogP contribution in [0, 0.1) is 5.92 Å². The van der Waals surface area contributed by atoms with E-state index < -0.39 is 0 Å². The molecule has 1 heterocycles. The maximum atomic E-state index is 11.7. The second-order valence-electron chi connectivity index (χ2n) is 6.41. The first-order valence-corrected chi connectivity index (χ1v) is 7.88. The van der Waals surface area contributed by atoms with Crippen LogP contribution in [0.3, 0.4) is 0 Å². The van der Waals surface area contributed by atoms with Crippen LogP contribution in [0.5, 0.6) is 0 Å². The first-order valence-electron chi connectivity index (χ1n) is 7.00. The molecule has 0 fully saturated rings. The molecule has 0 aromatic carbocycles. The molecule has 0 spiro atoms. The van der Waals surface area contributed by atoms with Crippen LogP contribution in [0.1, 0.15) is 58.2 Å². The predicted molar refractivity (Wildman–Crippen MR) is 81.6 cm³/mol. The molecule has 1 N–H and O–H groups in total. The Labute approximate surface area is 120 Å². The van der Waals surface area contributed by atoms with E-state index in [4.69, 9.17) is 0 Å². The van der Waals surface area contributed by atoms with E-state index in [-0.39, 0.29) is 11.3 Å². The number of rotatable bonds is 6. The van der Waals surface area contributed by atoms with Gasteiger partial charge in [0.2, 0.25) is 5.91 Å². The number of hydrogen-bond donors (Lipinski definition) is 1. The average molecular weight is 282 g/mol. The van der Waals surface area contributed by atoms with E-state index in [1.807, 2.05) is 0 Å². The van der Waals surface area contributed by atoms with E-state index in [2.05, 4.69) is 50.3 Å². The Kier molecular flexibility index (Phi) is 5.98. The van der Waals surface area contributed by atoms with Gasteiger partial charge in [-0.25, -0.2) is 4.98 Å². The molecule has 19 heavy (non-hydrogen) atoms. The fraction of sp³-hybridized carbons (Fsp3) is 0.733. The summed E-state index contributed by atoms with van der Waals surface area (Å²) in [6, 6.07) is 0. The summed E-state index contributed by atoms with van der Waals surface area (Å²) in [7, 11) is 0. The highest BCUT2D eigenvalue weighted by Crippen LogP contribution is 2.24. The van der Waals surface area contributed by atoms with E-state index in [9.17, 15) is 4.79 Å². The van der Waals surface area contributed by atoms with Crippen LogP contribution in [0.25, 0.3) is 0 Å². The highest BCUT2D eigenvalue weighted by Gasteiger charge is 2.17. The third kappa shape index (κ3) is 6.19. The fourth-order valence-electron chi connectivity index (χ4n) is 1.58. The molecule has 1 aromatic heterocycles. The van der Waals surface area contributed by atoms with E-state index in [1.54, 1.807) is 11.3 Å². The van der Waals surface area contributed by atoms with Crippen LogP contribution in [-0.4, -0.2) is 17.4 Å². The summed E-state index contributed by atoms with van der Waals surface area (Å²) in [5.74, 6) is 0.766. The smallest absolute Gasteiger partial charge is 0.220 e. The molecule has 3 nitrogen and oxygen atoms in total. The summed E-state index contributed by atoms with van der Waals surface area (Å²) < 4.78 is 0. The molecule has 0 radical (unpaired) electrons. The number of carbonyl (C=O) groups is 1. The Morgan fingerprint density at radius 2 is 2.11 bits per heavy atom. The van der Waals surface area contributed by atoms with Crippen LogP contribution in [0.4, 0.5) is 0 Å². The lowest BCUT2D eigenvalue weighted by atomic mass is 9.93. The Morgan fingerprint density at radius 3 is 2.63 bits per heavy atom. The number of nitrogens with one attached hydrogen (secondary N) is 1. The summed E-state index contributed by atoms with van der Waals surface area (Å²) in [6.45, 7) is 11.6. The average Bonchev–Trinajstić information content (AvgIpc) is 2.74. The predicted octanol–water partition coefficient (Wildman–Crippen LogP) is 3.54. The Balaban J connectivity index is 2.32. The Morgan fingerprint density at radius 1 is 1.42 bits per heavy atom. The molecule has 1 amide bonds. The molecule has 4 heteroatoms. The highest BCUT2D eigenvalue weighted by atomic mass is 32.1. The van der Waals surface area contributed by atoms with Crippen LogP contribution in [0.2, 0.25) is 0 Å². The van der Waals surface area contributed by atoms with Crippen molar-refractivity contribution in [1.29, 1.82) is 0 Å². The molecule has 108 valence electrons. The lowest BCUT2D eigenvalue weighted by Crippen LogP contribution is -2.25. The van der Waals surface area contributed by atoms with Crippen molar-refractivity contribution in [2.24, 2.45) is 5.92 Å². The molecule has 0 bridgehead atoms. The molecule has 0 unspecified atom stereocenters. The molecule has 0 atom stereocenters. The van der Waals surface area contributed by atoms with E-state index in [0.29, 0.717) is 12.3 Å². The topological polar surface area (TPSA) is 42.0 Å². The van der Waals surface area contributed by atoms with Crippen LogP contribution >= 0.6 is 11.3 Å². The SMILES string of the molecule is CC(C)CCNC(=O)CCc1nc(C(C)(C)C)cs1. The van der Waals surface area contributed by atoms with E-state index in [0.717, 1.165) is 30.1 Å². The third-order valence-corrected chi connectivity index (χ3v) is 3.84. The van der Waals surface area contributed by atoms with Gasteiger partial charge in [-0.2, -0.15) is 0 Å². The normalized spacial score (nSPS) is 11.9. The molecular weight excluding hydrogens is 256 g/mol. The quantitative estimate of drug-likeness (QED) is 0.867. The number of carbonyl (C=O) groups excluding carboxylic acids is 1. The van der Waals surface area contributed by atoms with Gasteiger partial charge in [-0.15, -0.1) is 11.3 Å². The largest absolute Gasteiger partial charge is 0.356 e. The van der Waals surface area contributed by atoms with Crippen molar-refractivity contribution < 1.29 is 4.79 Å². The Bertz CT molecular complexity index is 405. The van der Waals surface area contributed by atoms with Gasteiger partial charge < -0.3 is 5.32 Å². The highest BCUT2D eigenvalue weighted by molar-refractivity contribution is 7.09. The number of nitrogens with zero attached hydrogens (tertiary/aromatic N) is 1. The van der Waals surface area contributed by atoms with Crippen molar-refractivity contribution in [3.63, 3.8) is 0 Å². The summed E-state index contributed by atoms with van der Waals surface area (Å²) in [6.07, 6.45) is 2.32. The number of hydrogen-bond acceptors (Lipinski definition) is 3. The molecule has 1 aromatic rings. The lowest BCUT2D eigenvalue weighted by Gasteiger charge is -2.14. The van der Waals surface area contributed by atoms with Crippen LogP contribution in [0.15, 0.2) is 5.38 Å². The number of aromatic nitrogens is 1. The number of aryl methyl sites for hydroxylation is 1. The second kappa shape index (κ2) is 7.04. The number of thiazole rings is 1. The monoisotopic (exact) mass is 282 g/mol. The molecular formula is C15H26N2OS. The molecule has 0 aliphatic heterocycles. The van der Waals surface area contributed by atoms with Gasteiger partial charge in [-0.05, 0) is 12.3 Å². The minimum Gasteiger partial charge on any atom is -0.356 e. The van der Waals surface area contributed by atoms with E-state index in [1.165, 1.54) is 0 Å². The third-order valence-electron chi connectivity index (χ3n) is 2.93. The summed E-state index contributed by atoms with van der Waals surface area (Å²) >= 11 is 1.66. The first-order chi connectivity index (χ1) is 8.79. The van der Waals surface area contributed by atoms with Crippen LogP contribution < -0.4 is 5.32 Å². The molecule has 0 saturated heterocycles. The van der Waals surface area contributed by atoms with Crippen molar-refractivity contribution in [3.05, 3.63) is 16.1 Å². The van der Waals surface area contributed by atoms with Crippen molar-refractivity contribution in [1.82, 2.24) is 10.3 Å². The summed E-state index contributed by atoms with van der Waals surface area (Å²) in [5, 5.41) is 6.12. The van der Waals surface area contributed by atoms with Gasteiger partial charge in [0, 0.05) is 30.2 Å². The fourth-order valence-corrected chi connectivity index (χ4v) is 2.60. The molecule has 0 aliphatic carbocycles. The van der Waals surface area contributed by atoms with Gasteiger partial charge >= 0.3 is 0 Å². The minimum atomic E-state index is 0.0915. The van der Waals surface area contributed by atoms with Gasteiger partial charge in [0.1, 0.15) is 0 Å². The zero-order chi connectivity index (χ0) is 14.5. The maximum Gasteiger partial charge on any atom is 0.220 e. The van der Waals surface area contributed by atoms with Gasteiger partial charge in [0.25, 0.3) is 0 Å². The van der Waals surface area contributed by atoms with Crippen molar-refractivity contribution in [2.75, 3.05) is 6.54 Å². The van der Waals surface area contributed by atoms with Gasteiger partial charge in [0.05, 0.1) is 10.7 Å². The van der Waals surface area contributed by atoms with E-state index >= 15 is 0 Å². The summed E-state index contributed by atoms with van der Waals surface area (Å²) in [4.78, 5) is 16.3. The summed E-state index contributed by atoms with van der Waals surface area (Å²) in [5.41, 5.74) is 1.21. The van der Waals surface area contributed by atoms with Gasteiger partial charge in [-0.3, -0.25) is 4.79 Å². The first kappa shape index (κ1) is 16.2. The van der Waals surface area contributed by atoms with Gasteiger partial charge in [0.15, 0.2) is 0 Å². The zero-order valence-electron chi connectivity index (χ0n) is 12.7. The Hall–Kier alpha value is -0.900. The zero-order valence-corrected chi connectivity index (χ0v) is 13.6. The molecule has 1 rings (SSSR count). The maximum absolute atomic E-state index is 11.7. The van der Waals surface area contributed by atoms with Crippen molar-refractivity contribution in [2.45, 2.75) is 59.3 Å². The minimum absolute atomic E-state index is 0.0915. The van der Waals surface area contributed by atoms with Gasteiger partial charge in [-0.1, -0.05) is 34.6 Å². The lowest BCUT2D eigenvalue weighted by molar-refractivity contribution is -0.121. The van der Waals surface area contributed by atoms with Crippen molar-refractivity contribution >= 4 is 17.2 Å². The van der Waals surface area contributed by atoms with Crippen LogP contribution in [-0.2, 0) is 16.6 Å². The number of amides is 1.